The van der Waals surface area contributed by atoms with Crippen molar-refractivity contribution in [3.8, 4) is 0 Å². The molecule has 0 spiro atoms. The highest BCUT2D eigenvalue weighted by Crippen LogP contribution is 2.38. The number of nitrogens with zero attached hydrogens (tertiary/aromatic N) is 2. The normalized spacial score (nSPS) is 20.4. The van der Waals surface area contributed by atoms with Crippen molar-refractivity contribution in [2.75, 3.05) is 7.11 Å². The van der Waals surface area contributed by atoms with Gasteiger partial charge in [-0.3, -0.25) is 4.79 Å². The highest BCUT2D eigenvalue weighted by Gasteiger charge is 2.38. The Morgan fingerprint density at radius 1 is 1.35 bits per heavy atom. The minimum absolute atomic E-state index is 0.0648. The number of ether oxygens (including phenoxy) is 1. The Morgan fingerprint density at radius 2 is 2.00 bits per heavy atom. The first-order valence-electron chi connectivity index (χ1n) is 7.52. The highest BCUT2D eigenvalue weighted by atomic mass is 16.5. The lowest BCUT2D eigenvalue weighted by Gasteiger charge is -2.27. The Morgan fingerprint density at radius 3 is 2.50 bits per heavy atom. The van der Waals surface area contributed by atoms with Crippen LogP contribution in [0.25, 0.3) is 0 Å². The van der Waals surface area contributed by atoms with Crippen molar-refractivity contribution in [1.29, 1.82) is 0 Å². The third-order valence-electron chi connectivity index (χ3n) is 4.35. The molecule has 2 rings (SSSR count). The molecule has 0 amide bonds. The Hall–Kier alpha value is -1.23. The van der Waals surface area contributed by atoms with Crippen LogP contribution in [0.1, 0.15) is 76.4 Å². The van der Waals surface area contributed by atoms with Crippen molar-refractivity contribution in [2.45, 2.75) is 70.3 Å². The fraction of sp³-hybridized carbons (Fsp3) is 0.800. The Balaban J connectivity index is 2.27. The van der Waals surface area contributed by atoms with Gasteiger partial charge in [-0.1, -0.05) is 37.8 Å². The standard InChI is InChI=1S/C15H24N2O3/c1-4-12(11(2)18)13-16-14(17-20-13)15(19-3)9-7-5-6-8-10-15/h12H,4-10H2,1-3H3. The third kappa shape index (κ3) is 2.92. The van der Waals surface area contributed by atoms with E-state index < -0.39 is 5.60 Å². The van der Waals surface area contributed by atoms with Crippen LogP contribution in [0.15, 0.2) is 4.52 Å². The van der Waals surface area contributed by atoms with Gasteiger partial charge in [-0.25, -0.2) is 0 Å². The molecule has 0 aromatic carbocycles. The van der Waals surface area contributed by atoms with Crippen molar-refractivity contribution in [3.05, 3.63) is 11.7 Å². The summed E-state index contributed by atoms with van der Waals surface area (Å²) in [6, 6.07) is 0. The van der Waals surface area contributed by atoms with Crippen LogP contribution in [-0.4, -0.2) is 23.0 Å². The van der Waals surface area contributed by atoms with Crippen LogP contribution in [0, 0.1) is 0 Å². The van der Waals surface area contributed by atoms with Crippen molar-refractivity contribution >= 4 is 5.78 Å². The molecule has 1 heterocycles. The molecule has 0 bridgehead atoms. The summed E-state index contributed by atoms with van der Waals surface area (Å²) < 4.78 is 11.1. The summed E-state index contributed by atoms with van der Waals surface area (Å²) in [5, 5.41) is 4.11. The van der Waals surface area contributed by atoms with Gasteiger partial charge in [-0.15, -0.1) is 0 Å². The van der Waals surface area contributed by atoms with Gasteiger partial charge in [0.15, 0.2) is 0 Å². The zero-order valence-corrected chi connectivity index (χ0v) is 12.6. The molecule has 5 heteroatoms. The summed E-state index contributed by atoms with van der Waals surface area (Å²) in [6.07, 6.45) is 7.18. The Labute approximate surface area is 120 Å². The monoisotopic (exact) mass is 280 g/mol. The molecule has 0 N–H and O–H groups in total. The van der Waals surface area contributed by atoms with Crippen LogP contribution in [0.4, 0.5) is 0 Å². The molecule has 1 atom stereocenters. The number of carbonyl (C=O) groups is 1. The summed E-state index contributed by atoms with van der Waals surface area (Å²) in [7, 11) is 1.71. The lowest BCUT2D eigenvalue weighted by Crippen LogP contribution is -2.29. The van der Waals surface area contributed by atoms with E-state index in [0.29, 0.717) is 18.1 Å². The van der Waals surface area contributed by atoms with E-state index in [4.69, 9.17) is 9.26 Å². The highest BCUT2D eigenvalue weighted by molar-refractivity contribution is 5.82. The van der Waals surface area contributed by atoms with Crippen LogP contribution in [0.5, 0.6) is 0 Å². The van der Waals surface area contributed by atoms with E-state index in [9.17, 15) is 4.79 Å². The smallest absolute Gasteiger partial charge is 0.237 e. The van der Waals surface area contributed by atoms with Gasteiger partial charge in [0.05, 0.1) is 5.92 Å². The molecule has 1 aliphatic carbocycles. The van der Waals surface area contributed by atoms with E-state index in [1.165, 1.54) is 12.8 Å². The molecule has 1 aliphatic rings. The SMILES string of the molecule is CCC(C(C)=O)c1nc(C2(OC)CCCCCC2)no1. The van der Waals surface area contributed by atoms with Crippen molar-refractivity contribution in [1.82, 2.24) is 10.1 Å². The number of rotatable bonds is 5. The van der Waals surface area contributed by atoms with Gasteiger partial charge in [-0.05, 0) is 26.2 Å². The molecule has 1 aromatic heterocycles. The number of Topliss-reactive ketones (excluding diaryl/α,β-unsaturated/α-hetero) is 1. The van der Waals surface area contributed by atoms with Crippen LogP contribution >= 0.6 is 0 Å². The van der Waals surface area contributed by atoms with Crippen molar-refractivity contribution in [2.24, 2.45) is 0 Å². The van der Waals surface area contributed by atoms with Gasteiger partial charge in [0.25, 0.3) is 0 Å². The topological polar surface area (TPSA) is 65.2 Å². The van der Waals surface area contributed by atoms with E-state index in [1.54, 1.807) is 14.0 Å². The van der Waals surface area contributed by atoms with E-state index in [0.717, 1.165) is 25.7 Å². The Kier molecular flexibility index (Phi) is 4.91. The molecule has 1 saturated carbocycles. The molecule has 1 unspecified atom stereocenters. The zero-order chi connectivity index (χ0) is 14.6. The lowest BCUT2D eigenvalue weighted by atomic mass is 9.93. The molecule has 0 aliphatic heterocycles. The van der Waals surface area contributed by atoms with Gasteiger partial charge < -0.3 is 9.26 Å². The second-order valence-electron chi connectivity index (χ2n) is 5.64. The quantitative estimate of drug-likeness (QED) is 0.774. The largest absolute Gasteiger partial charge is 0.370 e. The summed E-state index contributed by atoms with van der Waals surface area (Å²) >= 11 is 0. The molecule has 0 radical (unpaired) electrons. The van der Waals surface area contributed by atoms with Gasteiger partial charge in [-0.2, -0.15) is 4.98 Å². The molecule has 0 saturated heterocycles. The maximum absolute atomic E-state index is 11.6. The number of hydrogen-bond acceptors (Lipinski definition) is 5. The van der Waals surface area contributed by atoms with E-state index in [1.807, 2.05) is 6.92 Å². The van der Waals surface area contributed by atoms with Crippen LogP contribution in [0.2, 0.25) is 0 Å². The molecule has 5 nitrogen and oxygen atoms in total. The first-order chi connectivity index (χ1) is 9.63. The van der Waals surface area contributed by atoms with Crippen LogP contribution in [0.3, 0.4) is 0 Å². The summed E-state index contributed by atoms with van der Waals surface area (Å²) in [5.41, 5.74) is -0.437. The van der Waals surface area contributed by atoms with Gasteiger partial charge >= 0.3 is 0 Å². The third-order valence-corrected chi connectivity index (χ3v) is 4.35. The van der Waals surface area contributed by atoms with Crippen molar-refractivity contribution in [3.63, 3.8) is 0 Å². The summed E-state index contributed by atoms with van der Waals surface area (Å²) in [4.78, 5) is 16.1. The van der Waals surface area contributed by atoms with Crippen LogP contribution < -0.4 is 0 Å². The molecule has 1 aromatic rings. The minimum Gasteiger partial charge on any atom is -0.370 e. The number of methoxy groups -OCH3 is 1. The minimum atomic E-state index is -0.437. The number of aromatic nitrogens is 2. The average molecular weight is 280 g/mol. The molecular formula is C15H24N2O3. The zero-order valence-electron chi connectivity index (χ0n) is 12.6. The predicted octanol–water partition coefficient (Wildman–Crippen LogP) is 3.35. The van der Waals surface area contributed by atoms with Crippen LogP contribution in [-0.2, 0) is 15.1 Å². The summed E-state index contributed by atoms with van der Waals surface area (Å²) in [5.74, 6) is 0.804. The fourth-order valence-electron chi connectivity index (χ4n) is 3.02. The number of hydrogen-bond donors (Lipinski definition) is 0. The Bertz CT molecular complexity index is 448. The number of carbonyl (C=O) groups excluding carboxylic acids is 1. The molecule has 112 valence electrons. The molecule has 20 heavy (non-hydrogen) atoms. The maximum Gasteiger partial charge on any atom is 0.237 e. The number of ketones is 1. The molecular weight excluding hydrogens is 256 g/mol. The van der Waals surface area contributed by atoms with E-state index in [2.05, 4.69) is 10.1 Å². The van der Waals surface area contributed by atoms with Gasteiger partial charge in [0.1, 0.15) is 11.4 Å². The summed E-state index contributed by atoms with van der Waals surface area (Å²) in [6.45, 7) is 3.52. The van der Waals surface area contributed by atoms with Gasteiger partial charge in [0.2, 0.25) is 11.7 Å². The second-order valence-corrected chi connectivity index (χ2v) is 5.64. The van der Waals surface area contributed by atoms with E-state index >= 15 is 0 Å². The predicted molar refractivity (Wildman–Crippen MR) is 74.4 cm³/mol. The van der Waals surface area contributed by atoms with E-state index in [-0.39, 0.29) is 11.7 Å². The van der Waals surface area contributed by atoms with Gasteiger partial charge in [0, 0.05) is 7.11 Å². The van der Waals surface area contributed by atoms with Crippen molar-refractivity contribution < 1.29 is 14.1 Å². The fourth-order valence-corrected chi connectivity index (χ4v) is 3.02. The first kappa shape index (κ1) is 15.2. The molecule has 1 fully saturated rings. The average Bonchev–Trinajstić information content (AvgIpc) is 2.78. The first-order valence-corrected chi connectivity index (χ1v) is 7.52. The maximum atomic E-state index is 11.6. The lowest BCUT2D eigenvalue weighted by molar-refractivity contribution is -0.119. The second kappa shape index (κ2) is 6.48.